The van der Waals surface area contributed by atoms with E-state index in [-0.39, 0.29) is 36.1 Å². The number of carbonyl (C=O) groups excluding carboxylic acids is 1. The van der Waals surface area contributed by atoms with Gasteiger partial charge < -0.3 is 15.8 Å². The van der Waals surface area contributed by atoms with E-state index in [1.807, 2.05) is 0 Å². The Hall–Kier alpha value is -0.0700. The second kappa shape index (κ2) is 14.9. The third kappa shape index (κ3) is 9.75. The number of nitrogens with two attached hydrogens (primary N) is 1. The Morgan fingerprint density at radius 2 is 1.65 bits per heavy atom. The van der Waals surface area contributed by atoms with Gasteiger partial charge in [0.1, 0.15) is 0 Å². The van der Waals surface area contributed by atoms with E-state index < -0.39 is 0 Å². The number of hydrogen-bond donors (Lipinski definition) is 2. The van der Waals surface area contributed by atoms with E-state index >= 15 is 0 Å². The molecule has 0 bridgehead atoms. The number of nitrogens with zero attached hydrogens (tertiary/aromatic N) is 1. The minimum absolute atomic E-state index is 0. The van der Waals surface area contributed by atoms with Gasteiger partial charge in [-0.25, -0.2) is 0 Å². The largest absolute Gasteiger partial charge is 0.379 e. The van der Waals surface area contributed by atoms with E-state index in [4.69, 9.17) is 10.5 Å². The molecule has 5 nitrogen and oxygen atoms in total. The lowest BCUT2D eigenvalue weighted by molar-refractivity contribution is -0.122. The summed E-state index contributed by atoms with van der Waals surface area (Å²) in [5.74, 6) is 0.231. The molecule has 3 N–H and O–H groups in total. The van der Waals surface area contributed by atoms with Gasteiger partial charge in [-0.05, 0) is 32.2 Å². The number of halogens is 2. The van der Waals surface area contributed by atoms with Gasteiger partial charge in [-0.3, -0.25) is 9.69 Å². The van der Waals surface area contributed by atoms with E-state index in [0.29, 0.717) is 6.42 Å². The van der Waals surface area contributed by atoms with Crippen molar-refractivity contribution in [3.8, 4) is 0 Å². The van der Waals surface area contributed by atoms with Crippen LogP contribution in [-0.4, -0.2) is 56.7 Å². The first kappa shape index (κ1) is 25.9. The third-order valence-corrected chi connectivity index (χ3v) is 5.60. The maximum atomic E-state index is 12.2. The number of nitrogens with one attached hydrogen (secondary N) is 1. The highest BCUT2D eigenvalue weighted by atomic mass is 35.5. The lowest BCUT2D eigenvalue weighted by Crippen LogP contribution is -2.49. The average molecular weight is 412 g/mol. The molecule has 0 aromatic heterocycles. The molecular formula is C19H39Cl2N3O2. The molecule has 0 atom stereocenters. The molecule has 2 fully saturated rings. The van der Waals surface area contributed by atoms with Gasteiger partial charge in [-0.15, -0.1) is 24.8 Å². The molecule has 26 heavy (non-hydrogen) atoms. The third-order valence-electron chi connectivity index (χ3n) is 5.60. The summed E-state index contributed by atoms with van der Waals surface area (Å²) < 4.78 is 5.47. The summed E-state index contributed by atoms with van der Waals surface area (Å²) in [5, 5.41) is 3.25. The number of morpholine rings is 1. The van der Waals surface area contributed by atoms with E-state index in [2.05, 4.69) is 10.2 Å². The summed E-state index contributed by atoms with van der Waals surface area (Å²) >= 11 is 0. The molecule has 1 heterocycles. The Balaban J connectivity index is 0.00000312. The van der Waals surface area contributed by atoms with E-state index in [1.54, 1.807) is 0 Å². The van der Waals surface area contributed by atoms with Crippen LogP contribution in [0, 0.1) is 5.41 Å². The molecule has 0 radical (unpaired) electrons. The van der Waals surface area contributed by atoms with Gasteiger partial charge in [0, 0.05) is 38.0 Å². The van der Waals surface area contributed by atoms with Gasteiger partial charge in [0.05, 0.1) is 13.2 Å². The fourth-order valence-corrected chi connectivity index (χ4v) is 4.08. The molecule has 1 aliphatic carbocycles. The van der Waals surface area contributed by atoms with Crippen LogP contribution in [0.15, 0.2) is 0 Å². The summed E-state index contributed by atoms with van der Waals surface area (Å²) in [5.41, 5.74) is 5.78. The molecular weight excluding hydrogens is 373 g/mol. The minimum Gasteiger partial charge on any atom is -0.379 e. The number of carbonyl (C=O) groups is 1. The first-order valence-corrected chi connectivity index (χ1v) is 10.0. The van der Waals surface area contributed by atoms with Crippen molar-refractivity contribution in [2.75, 3.05) is 45.9 Å². The van der Waals surface area contributed by atoms with Crippen LogP contribution in [0.2, 0.25) is 0 Å². The Bertz CT molecular complexity index is 361. The molecule has 1 saturated carbocycles. The molecule has 2 aliphatic rings. The smallest absolute Gasteiger partial charge is 0.220 e. The van der Waals surface area contributed by atoms with Gasteiger partial charge in [0.15, 0.2) is 0 Å². The van der Waals surface area contributed by atoms with E-state index in [1.165, 1.54) is 32.1 Å². The summed E-state index contributed by atoms with van der Waals surface area (Å²) in [6, 6.07) is 0. The number of amides is 1. The van der Waals surface area contributed by atoms with Gasteiger partial charge in [-0.1, -0.05) is 32.1 Å². The first-order valence-electron chi connectivity index (χ1n) is 10.0. The fourth-order valence-electron chi connectivity index (χ4n) is 4.08. The van der Waals surface area contributed by atoms with E-state index in [0.717, 1.165) is 71.6 Å². The van der Waals surface area contributed by atoms with Crippen molar-refractivity contribution in [3.63, 3.8) is 0 Å². The summed E-state index contributed by atoms with van der Waals surface area (Å²) in [7, 11) is 0. The summed E-state index contributed by atoms with van der Waals surface area (Å²) in [4.78, 5) is 14.7. The number of hydrogen-bond acceptors (Lipinski definition) is 4. The molecule has 156 valence electrons. The molecule has 1 saturated heterocycles. The highest BCUT2D eigenvalue weighted by Crippen LogP contribution is 2.36. The summed E-state index contributed by atoms with van der Waals surface area (Å²) in [6.45, 7) is 6.51. The SMILES string of the molecule is Cl.Cl.NCCCCCCC(=O)NCC1(CN2CCOCC2)CCCCC1. The van der Waals surface area contributed by atoms with Crippen LogP contribution in [0.1, 0.15) is 64.2 Å². The summed E-state index contributed by atoms with van der Waals surface area (Å²) in [6.07, 6.45) is 11.4. The van der Waals surface area contributed by atoms with Crippen LogP contribution in [-0.2, 0) is 9.53 Å². The molecule has 0 spiro atoms. The second-order valence-electron chi connectivity index (χ2n) is 7.68. The maximum Gasteiger partial charge on any atom is 0.220 e. The van der Waals surface area contributed by atoms with Crippen molar-refractivity contribution < 1.29 is 9.53 Å². The monoisotopic (exact) mass is 411 g/mol. The molecule has 0 aromatic rings. The zero-order chi connectivity index (χ0) is 17.1. The van der Waals surface area contributed by atoms with Crippen molar-refractivity contribution in [2.45, 2.75) is 64.2 Å². The van der Waals surface area contributed by atoms with Gasteiger partial charge in [-0.2, -0.15) is 0 Å². The lowest BCUT2D eigenvalue weighted by Gasteiger charge is -2.42. The highest BCUT2D eigenvalue weighted by Gasteiger charge is 2.34. The maximum absolute atomic E-state index is 12.2. The molecule has 7 heteroatoms. The van der Waals surface area contributed by atoms with Crippen molar-refractivity contribution in [1.82, 2.24) is 10.2 Å². The molecule has 0 aromatic carbocycles. The Kier molecular flexibility index (Phi) is 14.9. The Labute approximate surface area is 172 Å². The van der Waals surface area contributed by atoms with Crippen LogP contribution >= 0.6 is 24.8 Å². The minimum atomic E-state index is 0. The van der Waals surface area contributed by atoms with Crippen LogP contribution in [0.4, 0.5) is 0 Å². The molecule has 1 amide bonds. The first-order chi connectivity index (χ1) is 11.7. The van der Waals surface area contributed by atoms with Gasteiger partial charge in [0.2, 0.25) is 5.91 Å². The zero-order valence-corrected chi connectivity index (χ0v) is 17.8. The second-order valence-corrected chi connectivity index (χ2v) is 7.68. The molecule has 1 aliphatic heterocycles. The topological polar surface area (TPSA) is 67.6 Å². The van der Waals surface area contributed by atoms with Crippen molar-refractivity contribution in [1.29, 1.82) is 0 Å². The zero-order valence-electron chi connectivity index (χ0n) is 16.2. The predicted molar refractivity (Wildman–Crippen MR) is 112 cm³/mol. The van der Waals surface area contributed by atoms with Crippen molar-refractivity contribution in [3.05, 3.63) is 0 Å². The Morgan fingerprint density at radius 1 is 1.00 bits per heavy atom. The standard InChI is InChI=1S/C19H37N3O2.2ClH/c20-11-7-2-1-4-8-18(23)21-16-19(9-5-3-6-10-19)17-22-12-14-24-15-13-22;;/h1-17,20H2,(H,21,23);2*1H. The Morgan fingerprint density at radius 3 is 2.31 bits per heavy atom. The quantitative estimate of drug-likeness (QED) is 0.541. The number of unbranched alkanes of at least 4 members (excludes halogenated alkanes) is 3. The number of ether oxygens (including phenoxy) is 1. The van der Waals surface area contributed by atoms with Crippen LogP contribution in [0.25, 0.3) is 0 Å². The fraction of sp³-hybridized carbons (Fsp3) is 0.947. The van der Waals surface area contributed by atoms with Crippen molar-refractivity contribution in [2.24, 2.45) is 11.1 Å². The highest BCUT2D eigenvalue weighted by molar-refractivity contribution is 5.85. The lowest BCUT2D eigenvalue weighted by atomic mass is 9.73. The van der Waals surface area contributed by atoms with Crippen LogP contribution < -0.4 is 11.1 Å². The van der Waals surface area contributed by atoms with Gasteiger partial charge in [0.25, 0.3) is 0 Å². The molecule has 2 rings (SSSR count). The molecule has 0 unspecified atom stereocenters. The van der Waals surface area contributed by atoms with Crippen molar-refractivity contribution >= 4 is 30.7 Å². The van der Waals surface area contributed by atoms with Crippen LogP contribution in [0.5, 0.6) is 0 Å². The predicted octanol–water partition coefficient (Wildman–Crippen LogP) is 3.14. The van der Waals surface area contributed by atoms with Gasteiger partial charge >= 0.3 is 0 Å². The van der Waals surface area contributed by atoms with E-state index in [9.17, 15) is 4.79 Å². The number of rotatable bonds is 10. The normalized spacial score (nSPS) is 19.9. The van der Waals surface area contributed by atoms with Crippen LogP contribution in [0.3, 0.4) is 0 Å². The average Bonchev–Trinajstić information content (AvgIpc) is 2.62.